The van der Waals surface area contributed by atoms with E-state index >= 15 is 0 Å². The lowest BCUT2D eigenvalue weighted by atomic mass is 10.0. The van der Waals surface area contributed by atoms with Crippen molar-refractivity contribution >= 4 is 0 Å². The Morgan fingerprint density at radius 3 is 2.43 bits per heavy atom. The van der Waals surface area contributed by atoms with Gasteiger partial charge in [0.1, 0.15) is 0 Å². The number of nitrogens with zero attached hydrogens (tertiary/aromatic N) is 2. The van der Waals surface area contributed by atoms with Crippen molar-refractivity contribution < 1.29 is 5.11 Å². The van der Waals surface area contributed by atoms with E-state index in [9.17, 15) is 5.11 Å². The molecule has 0 saturated heterocycles. The van der Waals surface area contributed by atoms with Gasteiger partial charge in [0.15, 0.2) is 0 Å². The van der Waals surface area contributed by atoms with Crippen LogP contribution in [0, 0.1) is 13.8 Å². The molecule has 0 amide bonds. The number of rotatable bonds is 6. The van der Waals surface area contributed by atoms with Crippen LogP contribution in [0.25, 0.3) is 0 Å². The number of benzene rings is 1. The maximum absolute atomic E-state index is 9.64. The van der Waals surface area contributed by atoms with E-state index in [-0.39, 0.29) is 18.7 Å². The first-order valence-corrected chi connectivity index (χ1v) is 7.43. The highest BCUT2D eigenvalue weighted by atomic mass is 16.3. The summed E-state index contributed by atoms with van der Waals surface area (Å²) in [4.78, 5) is 0. The standard InChI is InChI=1S/C17H25N3O/c1-12(17-13(2)19-20(4)14(17)3)18-16(11-21)10-15-8-6-5-7-9-15/h5-9,12,16,18,21H,10-11H2,1-4H3/t12?,16-/m1/s1. The SMILES string of the molecule is Cc1nn(C)c(C)c1C(C)N[C@@H](CO)Cc1ccccc1. The molecule has 1 aromatic heterocycles. The number of aryl methyl sites for hydroxylation is 2. The van der Waals surface area contributed by atoms with Crippen molar-refractivity contribution in [2.24, 2.45) is 7.05 Å². The zero-order valence-corrected chi connectivity index (χ0v) is 13.3. The first kappa shape index (κ1) is 15.7. The normalized spacial score (nSPS) is 14.1. The van der Waals surface area contributed by atoms with Crippen LogP contribution in [0.5, 0.6) is 0 Å². The Morgan fingerprint density at radius 2 is 1.90 bits per heavy atom. The van der Waals surface area contributed by atoms with Crippen molar-refractivity contribution in [3.8, 4) is 0 Å². The maximum Gasteiger partial charge on any atom is 0.0644 e. The van der Waals surface area contributed by atoms with Crippen LogP contribution in [0.3, 0.4) is 0 Å². The molecule has 4 nitrogen and oxygen atoms in total. The molecule has 0 aliphatic rings. The van der Waals surface area contributed by atoms with Gasteiger partial charge in [0.05, 0.1) is 12.3 Å². The van der Waals surface area contributed by atoms with Gasteiger partial charge < -0.3 is 10.4 Å². The van der Waals surface area contributed by atoms with Crippen molar-refractivity contribution in [2.45, 2.75) is 39.3 Å². The number of hydrogen-bond acceptors (Lipinski definition) is 3. The molecule has 21 heavy (non-hydrogen) atoms. The molecule has 2 aromatic rings. The van der Waals surface area contributed by atoms with Crippen molar-refractivity contribution in [3.63, 3.8) is 0 Å². The summed E-state index contributed by atoms with van der Waals surface area (Å²) < 4.78 is 1.91. The quantitative estimate of drug-likeness (QED) is 0.857. The summed E-state index contributed by atoms with van der Waals surface area (Å²) in [5.74, 6) is 0. The van der Waals surface area contributed by atoms with Crippen LogP contribution in [-0.4, -0.2) is 27.5 Å². The number of nitrogens with one attached hydrogen (secondary N) is 1. The number of aliphatic hydroxyl groups excluding tert-OH is 1. The van der Waals surface area contributed by atoms with E-state index in [2.05, 4.69) is 36.4 Å². The summed E-state index contributed by atoms with van der Waals surface area (Å²) in [7, 11) is 1.96. The molecule has 2 N–H and O–H groups in total. The van der Waals surface area contributed by atoms with E-state index < -0.39 is 0 Å². The molecular formula is C17H25N3O. The first-order valence-electron chi connectivity index (χ1n) is 7.43. The fourth-order valence-electron chi connectivity index (χ4n) is 2.93. The summed E-state index contributed by atoms with van der Waals surface area (Å²) in [6.45, 7) is 6.37. The summed E-state index contributed by atoms with van der Waals surface area (Å²) in [6, 6.07) is 10.5. The predicted octanol–water partition coefficient (Wildman–Crippen LogP) is 2.29. The van der Waals surface area contributed by atoms with Crippen molar-refractivity contribution in [1.29, 1.82) is 0 Å². The fraction of sp³-hybridized carbons (Fsp3) is 0.471. The lowest BCUT2D eigenvalue weighted by Crippen LogP contribution is -2.36. The van der Waals surface area contributed by atoms with Gasteiger partial charge in [-0.05, 0) is 32.8 Å². The molecule has 2 atom stereocenters. The minimum absolute atomic E-state index is 0.0430. The highest BCUT2D eigenvalue weighted by Gasteiger charge is 2.19. The van der Waals surface area contributed by atoms with Crippen molar-refractivity contribution in [1.82, 2.24) is 15.1 Å². The summed E-state index contributed by atoms with van der Waals surface area (Å²) in [6.07, 6.45) is 0.819. The van der Waals surface area contributed by atoms with Gasteiger partial charge in [-0.1, -0.05) is 30.3 Å². The van der Waals surface area contributed by atoms with Crippen LogP contribution in [0.2, 0.25) is 0 Å². The Bertz CT molecular complexity index is 577. The van der Waals surface area contributed by atoms with Gasteiger partial charge in [-0.2, -0.15) is 5.10 Å². The average molecular weight is 287 g/mol. The number of aliphatic hydroxyl groups is 1. The van der Waals surface area contributed by atoms with E-state index in [4.69, 9.17) is 0 Å². The first-order chi connectivity index (χ1) is 10.0. The van der Waals surface area contributed by atoms with Crippen LogP contribution in [-0.2, 0) is 13.5 Å². The summed E-state index contributed by atoms with van der Waals surface area (Å²) in [5, 5.41) is 17.6. The zero-order valence-electron chi connectivity index (χ0n) is 13.3. The molecule has 1 aromatic carbocycles. The van der Waals surface area contributed by atoms with E-state index in [0.717, 1.165) is 12.1 Å². The van der Waals surface area contributed by atoms with Gasteiger partial charge in [-0.25, -0.2) is 0 Å². The molecule has 0 fully saturated rings. The third-order valence-electron chi connectivity index (χ3n) is 4.03. The zero-order chi connectivity index (χ0) is 15.4. The second-order valence-corrected chi connectivity index (χ2v) is 5.67. The molecule has 114 valence electrons. The summed E-state index contributed by atoms with van der Waals surface area (Å²) >= 11 is 0. The van der Waals surface area contributed by atoms with Crippen molar-refractivity contribution in [3.05, 3.63) is 52.8 Å². The van der Waals surface area contributed by atoms with Crippen LogP contribution in [0.1, 0.15) is 35.5 Å². The van der Waals surface area contributed by atoms with E-state index in [0.29, 0.717) is 0 Å². The van der Waals surface area contributed by atoms with E-state index in [1.807, 2.05) is 36.9 Å². The lowest BCUT2D eigenvalue weighted by Gasteiger charge is -2.22. The highest BCUT2D eigenvalue weighted by Crippen LogP contribution is 2.21. The average Bonchev–Trinajstić information content (AvgIpc) is 2.72. The molecular weight excluding hydrogens is 262 g/mol. The molecule has 1 unspecified atom stereocenters. The molecule has 0 bridgehead atoms. The Labute approximate surface area is 126 Å². The van der Waals surface area contributed by atoms with Crippen LogP contribution < -0.4 is 5.32 Å². The predicted molar refractivity (Wildman–Crippen MR) is 85.3 cm³/mol. The fourth-order valence-corrected chi connectivity index (χ4v) is 2.93. The van der Waals surface area contributed by atoms with Crippen LogP contribution >= 0.6 is 0 Å². The number of hydrogen-bond donors (Lipinski definition) is 2. The minimum Gasteiger partial charge on any atom is -0.395 e. The third kappa shape index (κ3) is 3.71. The topological polar surface area (TPSA) is 50.1 Å². The molecule has 0 radical (unpaired) electrons. The Morgan fingerprint density at radius 1 is 1.24 bits per heavy atom. The molecule has 0 saturated carbocycles. The van der Waals surface area contributed by atoms with Gasteiger partial charge >= 0.3 is 0 Å². The van der Waals surface area contributed by atoms with E-state index in [1.54, 1.807) is 0 Å². The van der Waals surface area contributed by atoms with E-state index in [1.165, 1.54) is 16.8 Å². The molecule has 2 rings (SSSR count). The molecule has 4 heteroatoms. The second-order valence-electron chi connectivity index (χ2n) is 5.67. The molecule has 0 spiro atoms. The summed E-state index contributed by atoms with van der Waals surface area (Å²) in [5.41, 5.74) is 4.68. The Kier molecular flexibility index (Phi) is 5.15. The smallest absolute Gasteiger partial charge is 0.0644 e. The lowest BCUT2D eigenvalue weighted by molar-refractivity contribution is 0.232. The Hall–Kier alpha value is -1.65. The van der Waals surface area contributed by atoms with Gasteiger partial charge in [-0.15, -0.1) is 0 Å². The molecule has 0 aliphatic heterocycles. The van der Waals surface area contributed by atoms with Gasteiger partial charge in [0.2, 0.25) is 0 Å². The minimum atomic E-state index is 0.0430. The van der Waals surface area contributed by atoms with Crippen LogP contribution in [0.4, 0.5) is 0 Å². The monoisotopic (exact) mass is 287 g/mol. The Balaban J connectivity index is 2.07. The molecule has 1 heterocycles. The third-order valence-corrected chi connectivity index (χ3v) is 4.03. The second kappa shape index (κ2) is 6.87. The largest absolute Gasteiger partial charge is 0.395 e. The van der Waals surface area contributed by atoms with Crippen LogP contribution in [0.15, 0.2) is 30.3 Å². The highest BCUT2D eigenvalue weighted by molar-refractivity contribution is 5.28. The number of aromatic nitrogens is 2. The molecule has 0 aliphatic carbocycles. The maximum atomic E-state index is 9.64. The van der Waals surface area contributed by atoms with Crippen molar-refractivity contribution in [2.75, 3.05) is 6.61 Å². The van der Waals surface area contributed by atoms with Gasteiger partial charge in [-0.3, -0.25) is 4.68 Å². The van der Waals surface area contributed by atoms with Gasteiger partial charge in [0.25, 0.3) is 0 Å². The van der Waals surface area contributed by atoms with Gasteiger partial charge in [0, 0.05) is 30.4 Å².